The van der Waals surface area contributed by atoms with Crippen molar-refractivity contribution in [3.63, 3.8) is 0 Å². The van der Waals surface area contributed by atoms with Gasteiger partial charge in [0.2, 0.25) is 0 Å². The van der Waals surface area contributed by atoms with Crippen LogP contribution in [0.25, 0.3) is 6.08 Å². The van der Waals surface area contributed by atoms with Gasteiger partial charge >= 0.3 is 87.2 Å². The second-order valence-electron chi connectivity index (χ2n) is 3.74. The summed E-state index contributed by atoms with van der Waals surface area (Å²) >= 11 is -1.88. The Morgan fingerprint density at radius 2 is 1.85 bits per heavy atom. The molecule has 0 fully saturated rings. The Bertz CT molecular complexity index is 272. The Balaban J connectivity index is 2.51. The van der Waals surface area contributed by atoms with E-state index in [9.17, 15) is 0 Å². The van der Waals surface area contributed by atoms with Crippen LogP contribution < -0.4 is 0 Å². The minimum absolute atomic E-state index is 1.08. The first-order valence-electron chi connectivity index (χ1n) is 4.48. The molecule has 0 heterocycles. The topological polar surface area (TPSA) is 0 Å². The molecular weight excluding hydrogens is 240 g/mol. The van der Waals surface area contributed by atoms with Crippen molar-refractivity contribution in [1.82, 2.24) is 0 Å². The standard InChI is InChI=1S/C11H15ClGe/c1-13(2,12)10-6-9-11-7-4-3-5-8-11/h3-9H,10H2,1-2H3/b9-6+. The maximum absolute atomic E-state index is 6.24. The molecule has 0 aromatic heterocycles. The van der Waals surface area contributed by atoms with Crippen molar-refractivity contribution in [2.24, 2.45) is 0 Å². The van der Waals surface area contributed by atoms with E-state index in [4.69, 9.17) is 10.0 Å². The summed E-state index contributed by atoms with van der Waals surface area (Å²) in [5, 5.41) is 1.08. The number of hydrogen-bond acceptors (Lipinski definition) is 0. The fourth-order valence-corrected chi connectivity index (χ4v) is 2.93. The van der Waals surface area contributed by atoms with Gasteiger partial charge in [0.1, 0.15) is 0 Å². The third-order valence-corrected chi connectivity index (χ3v) is 5.05. The first-order chi connectivity index (χ1) is 6.08. The summed E-state index contributed by atoms with van der Waals surface area (Å²) in [6.07, 6.45) is 4.34. The van der Waals surface area contributed by atoms with Crippen LogP contribution in [-0.2, 0) is 0 Å². The van der Waals surface area contributed by atoms with E-state index in [0.717, 1.165) is 5.25 Å². The molecule has 0 bridgehead atoms. The van der Waals surface area contributed by atoms with E-state index >= 15 is 0 Å². The van der Waals surface area contributed by atoms with Crippen molar-refractivity contribution in [2.45, 2.75) is 16.8 Å². The Labute approximate surface area is 87.2 Å². The summed E-state index contributed by atoms with van der Waals surface area (Å²) in [6.45, 7) is 0. The van der Waals surface area contributed by atoms with E-state index in [1.54, 1.807) is 0 Å². The van der Waals surface area contributed by atoms with Gasteiger partial charge in [0.15, 0.2) is 0 Å². The quantitative estimate of drug-likeness (QED) is 0.712. The molecule has 0 nitrogen and oxygen atoms in total. The van der Waals surface area contributed by atoms with E-state index in [-0.39, 0.29) is 0 Å². The van der Waals surface area contributed by atoms with Crippen molar-refractivity contribution >= 4 is 28.4 Å². The Morgan fingerprint density at radius 3 is 2.38 bits per heavy atom. The predicted molar refractivity (Wildman–Crippen MR) is 63.6 cm³/mol. The summed E-state index contributed by atoms with van der Waals surface area (Å²) in [4.78, 5) is 0. The Morgan fingerprint density at radius 1 is 1.23 bits per heavy atom. The van der Waals surface area contributed by atoms with Gasteiger partial charge in [-0.2, -0.15) is 0 Å². The van der Waals surface area contributed by atoms with Crippen LogP contribution in [-0.4, -0.2) is 12.3 Å². The van der Waals surface area contributed by atoms with E-state index in [1.807, 2.05) is 18.2 Å². The molecule has 0 amide bonds. The SMILES string of the molecule is [CH3][Ge]([CH3])([Cl])[CH2]/C=C/c1ccccc1. The number of halogens is 1. The third kappa shape index (κ3) is 5.17. The summed E-state index contributed by atoms with van der Waals surface area (Å²) in [7, 11) is 6.24. The zero-order valence-electron chi connectivity index (χ0n) is 8.13. The minimum atomic E-state index is -1.88. The van der Waals surface area contributed by atoms with E-state index in [2.05, 4.69) is 35.8 Å². The first kappa shape index (κ1) is 10.9. The summed E-state index contributed by atoms with van der Waals surface area (Å²) in [5.74, 6) is 4.41. The molecule has 1 rings (SSSR count). The molecule has 0 N–H and O–H groups in total. The summed E-state index contributed by atoms with van der Waals surface area (Å²) < 4.78 is 0. The zero-order chi connectivity index (χ0) is 9.73. The molecule has 0 unspecified atom stereocenters. The molecule has 0 aliphatic heterocycles. The van der Waals surface area contributed by atoms with Crippen LogP contribution in [0.2, 0.25) is 16.8 Å². The normalized spacial score (nSPS) is 12.2. The number of benzene rings is 1. The Hall–Kier alpha value is -0.207. The zero-order valence-corrected chi connectivity index (χ0v) is 11.0. The number of allylic oxidation sites excluding steroid dienone is 1. The number of rotatable bonds is 3. The van der Waals surface area contributed by atoms with Crippen molar-refractivity contribution in [1.29, 1.82) is 0 Å². The first-order valence-corrected chi connectivity index (χ1v) is 12.9. The third-order valence-electron chi connectivity index (χ3n) is 1.71. The molecule has 70 valence electrons. The van der Waals surface area contributed by atoms with Crippen molar-refractivity contribution in [3.8, 4) is 0 Å². The average molecular weight is 255 g/mol. The van der Waals surface area contributed by atoms with E-state index in [1.165, 1.54) is 5.56 Å². The predicted octanol–water partition coefficient (Wildman–Crippen LogP) is 4.14. The fourth-order valence-electron chi connectivity index (χ4n) is 1.04. The second-order valence-corrected chi connectivity index (χ2v) is 17.1. The van der Waals surface area contributed by atoms with Crippen LogP contribution in [0.3, 0.4) is 0 Å². The monoisotopic (exact) mass is 256 g/mol. The van der Waals surface area contributed by atoms with Gasteiger partial charge in [-0.3, -0.25) is 0 Å². The molecule has 13 heavy (non-hydrogen) atoms. The molecule has 1 aromatic rings. The van der Waals surface area contributed by atoms with E-state index < -0.39 is 12.3 Å². The Kier molecular flexibility index (Phi) is 4.07. The summed E-state index contributed by atoms with van der Waals surface area (Å²) in [6, 6.07) is 10.3. The molecule has 0 atom stereocenters. The second kappa shape index (κ2) is 4.87. The van der Waals surface area contributed by atoms with Gasteiger partial charge in [-0.15, -0.1) is 0 Å². The van der Waals surface area contributed by atoms with Crippen LogP contribution in [0.5, 0.6) is 0 Å². The van der Waals surface area contributed by atoms with Gasteiger partial charge in [-0.05, 0) is 0 Å². The van der Waals surface area contributed by atoms with Gasteiger partial charge in [-0.1, -0.05) is 0 Å². The molecule has 0 aliphatic rings. The van der Waals surface area contributed by atoms with Gasteiger partial charge in [0.05, 0.1) is 0 Å². The molecule has 1 aromatic carbocycles. The van der Waals surface area contributed by atoms with Gasteiger partial charge < -0.3 is 0 Å². The molecule has 0 saturated carbocycles. The van der Waals surface area contributed by atoms with Gasteiger partial charge in [0, 0.05) is 0 Å². The summed E-state index contributed by atoms with van der Waals surface area (Å²) in [5.41, 5.74) is 1.26. The fraction of sp³-hybridized carbons (Fsp3) is 0.273. The maximum atomic E-state index is 6.24. The molecular formula is C11H15ClGe. The van der Waals surface area contributed by atoms with Crippen LogP contribution >= 0.6 is 10.0 Å². The molecule has 0 saturated heterocycles. The van der Waals surface area contributed by atoms with Crippen molar-refractivity contribution < 1.29 is 0 Å². The van der Waals surface area contributed by atoms with Crippen molar-refractivity contribution in [3.05, 3.63) is 42.0 Å². The van der Waals surface area contributed by atoms with Crippen LogP contribution in [0.1, 0.15) is 5.56 Å². The van der Waals surface area contributed by atoms with Gasteiger partial charge in [0.25, 0.3) is 0 Å². The van der Waals surface area contributed by atoms with Gasteiger partial charge in [-0.25, -0.2) is 0 Å². The molecule has 0 spiro atoms. The number of hydrogen-bond donors (Lipinski definition) is 0. The van der Waals surface area contributed by atoms with Crippen LogP contribution in [0.15, 0.2) is 36.4 Å². The average Bonchev–Trinajstić information content (AvgIpc) is 2.04. The van der Waals surface area contributed by atoms with E-state index in [0.29, 0.717) is 0 Å². The van der Waals surface area contributed by atoms with Crippen LogP contribution in [0.4, 0.5) is 0 Å². The van der Waals surface area contributed by atoms with Crippen LogP contribution in [0, 0.1) is 0 Å². The molecule has 0 aliphatic carbocycles. The molecule has 2 heteroatoms. The van der Waals surface area contributed by atoms with Crippen molar-refractivity contribution in [2.75, 3.05) is 0 Å². The molecule has 0 radical (unpaired) electrons.